The predicted molar refractivity (Wildman–Crippen MR) is 212 cm³/mol. The number of methoxy groups -OCH3 is 1. The zero-order valence-electron chi connectivity index (χ0n) is 33.4. The molecule has 13 atom stereocenters. The van der Waals surface area contributed by atoms with Gasteiger partial charge in [0.05, 0.1) is 6.10 Å². The maximum atomic E-state index is 6.56. The van der Waals surface area contributed by atoms with E-state index in [1.165, 1.54) is 60.8 Å². The van der Waals surface area contributed by atoms with Gasteiger partial charge in [0.1, 0.15) is 0 Å². The van der Waals surface area contributed by atoms with Gasteiger partial charge in [-0.15, -0.1) is 0 Å². The van der Waals surface area contributed by atoms with Crippen molar-refractivity contribution in [3.63, 3.8) is 0 Å². The van der Waals surface area contributed by atoms with Crippen molar-refractivity contribution in [2.45, 2.75) is 126 Å². The third kappa shape index (κ3) is 9.33. The number of halogens is 2. The van der Waals surface area contributed by atoms with Gasteiger partial charge in [0, 0.05) is 13.0 Å². The van der Waals surface area contributed by atoms with Crippen LogP contribution in [-0.4, -0.2) is 13.2 Å². The summed E-state index contributed by atoms with van der Waals surface area (Å²) in [5.74, 6) is 9.38. The fourth-order valence-electron chi connectivity index (χ4n) is 12.2. The molecule has 4 saturated carbocycles. The normalized spacial score (nSPS) is 36.6. The summed E-state index contributed by atoms with van der Waals surface area (Å²) in [4.78, 5) is 0. The Morgan fingerprint density at radius 3 is 1.57 bits per heavy atom. The molecule has 0 aromatic heterocycles. The van der Waals surface area contributed by atoms with Crippen LogP contribution in [0.15, 0.2) is 36.4 Å². The van der Waals surface area contributed by atoms with Crippen LogP contribution >= 0.6 is 17.0 Å². The van der Waals surface area contributed by atoms with Gasteiger partial charge in [0.25, 0.3) is 0 Å². The van der Waals surface area contributed by atoms with Gasteiger partial charge >= 0.3 is 37.9 Å². The number of ether oxygens (including phenoxy) is 1. The fourth-order valence-corrected chi connectivity index (χ4v) is 12.2. The second-order valence-electron chi connectivity index (χ2n) is 18.2. The van der Waals surface area contributed by atoms with E-state index in [1.54, 1.807) is 11.1 Å². The first kappa shape index (κ1) is 43.3. The predicted octanol–water partition coefficient (Wildman–Crippen LogP) is 13.7. The summed E-state index contributed by atoms with van der Waals surface area (Å²) in [5.41, 5.74) is 9.14. The first-order valence-electron chi connectivity index (χ1n) is 18.8. The molecule has 4 aliphatic rings. The topological polar surface area (TPSA) is 9.23 Å². The first-order chi connectivity index (χ1) is 22.2. The Labute approximate surface area is 322 Å². The molecule has 0 bridgehead atoms. The summed E-state index contributed by atoms with van der Waals surface area (Å²) in [6.45, 7) is 24.5. The molecule has 0 radical (unpaired) electrons. The molecule has 4 heteroatoms. The number of rotatable bonds is 5. The van der Waals surface area contributed by atoms with Crippen LogP contribution in [0.25, 0.3) is 0 Å². The van der Waals surface area contributed by atoms with Gasteiger partial charge in [-0.2, -0.15) is 0 Å². The van der Waals surface area contributed by atoms with Gasteiger partial charge in [-0.25, -0.2) is 0 Å². The van der Waals surface area contributed by atoms with Crippen molar-refractivity contribution in [1.29, 1.82) is 0 Å². The average Bonchev–Trinajstić information content (AvgIpc) is 3.45. The Bertz CT molecular complexity index is 1310. The monoisotopic (exact) mass is 786 g/mol. The minimum absolute atomic E-state index is 0. The quantitative estimate of drug-likeness (QED) is 0.274. The number of hydrogen-bond acceptors (Lipinski definition) is 1. The molecule has 0 saturated heterocycles. The number of hydrogen-bond donors (Lipinski definition) is 0. The molecule has 0 amide bonds. The van der Waals surface area contributed by atoms with Crippen LogP contribution < -0.4 is 0 Å². The van der Waals surface area contributed by atoms with Crippen LogP contribution in [0.3, 0.4) is 0 Å². The van der Waals surface area contributed by atoms with E-state index in [4.69, 9.17) is 21.8 Å². The van der Waals surface area contributed by atoms with Crippen molar-refractivity contribution in [3.8, 4) is 0 Å². The van der Waals surface area contributed by atoms with Crippen LogP contribution in [0.4, 0.5) is 0 Å². The fraction of sp³-hybridized carbons (Fsp3) is 0.689. The van der Waals surface area contributed by atoms with Gasteiger partial charge in [-0.3, -0.25) is 0 Å². The third-order valence-electron chi connectivity index (χ3n) is 13.8. The molecule has 2 aromatic rings. The van der Waals surface area contributed by atoms with E-state index in [-0.39, 0.29) is 20.3 Å². The molecule has 0 aliphatic heterocycles. The Balaban J connectivity index is 0.00000126. The summed E-state index contributed by atoms with van der Waals surface area (Å²) < 4.78 is 6.56. The second kappa shape index (κ2) is 17.8. The average molecular weight is 789 g/mol. The molecule has 2 aromatic carbocycles. The van der Waals surface area contributed by atoms with Crippen LogP contribution in [0, 0.1) is 107 Å². The molecule has 1 nitrogen and oxygen atoms in total. The van der Waals surface area contributed by atoms with Gasteiger partial charge in [-0.05, 0) is 148 Å². The minimum atomic E-state index is -0.826. The summed E-state index contributed by atoms with van der Waals surface area (Å²) in [6.07, 6.45) is 8.77. The van der Waals surface area contributed by atoms with Crippen LogP contribution in [-0.2, 0) is 25.6 Å². The van der Waals surface area contributed by atoms with Gasteiger partial charge < -0.3 is 19.6 Å². The van der Waals surface area contributed by atoms with Crippen molar-refractivity contribution in [2.24, 2.45) is 64.6 Å². The molecular weight excluding hydrogens is 719 g/mol. The Kier molecular flexibility index (Phi) is 15.7. The Hall–Kier alpha value is -0.137. The van der Waals surface area contributed by atoms with Crippen molar-refractivity contribution in [3.05, 3.63) is 84.6 Å². The van der Waals surface area contributed by atoms with E-state index in [0.29, 0.717) is 17.9 Å². The zero-order valence-corrected chi connectivity index (χ0v) is 37.3. The van der Waals surface area contributed by atoms with Gasteiger partial charge in [0.2, 0.25) is 0 Å². The summed E-state index contributed by atoms with van der Waals surface area (Å²) in [6, 6.07) is 14.8. The Morgan fingerprint density at radius 2 is 1.10 bits per heavy atom. The van der Waals surface area contributed by atoms with Crippen molar-refractivity contribution >= 4 is 17.0 Å². The van der Waals surface area contributed by atoms with Crippen LogP contribution in [0.5, 0.6) is 0 Å². The molecule has 4 aliphatic carbocycles. The summed E-state index contributed by atoms with van der Waals surface area (Å²) in [5, 5.41) is 0. The van der Waals surface area contributed by atoms with Crippen molar-refractivity contribution in [2.75, 3.05) is 7.11 Å². The van der Waals surface area contributed by atoms with E-state index >= 15 is 0 Å². The summed E-state index contributed by atoms with van der Waals surface area (Å²) >= 11 is -0.826. The van der Waals surface area contributed by atoms with E-state index in [9.17, 15) is 0 Å². The van der Waals surface area contributed by atoms with Gasteiger partial charge in [-0.1, -0.05) is 100 Å². The van der Waals surface area contributed by atoms with Crippen LogP contribution in [0.1, 0.15) is 125 Å². The Morgan fingerprint density at radius 1 is 0.653 bits per heavy atom. The molecule has 0 N–H and O–H groups in total. The SMILES string of the molecule is COC1C(c2cc(C)cc(C)c2)C2CC(C)C(CC3C(C)CC4C(c5cc(C)cc(C)c5)CC(C)CC34)C2CC1C(C)(C)C.[CH3-].[CH3-].[Cl][Zr+2][Cl]. The molecule has 274 valence electrons. The molecule has 4 fully saturated rings. The summed E-state index contributed by atoms with van der Waals surface area (Å²) in [7, 11) is 11.9. The molecular formula is C45H70Cl2OZr. The van der Waals surface area contributed by atoms with E-state index in [0.717, 1.165) is 59.2 Å². The molecule has 49 heavy (non-hydrogen) atoms. The zero-order chi connectivity index (χ0) is 34.4. The van der Waals surface area contributed by atoms with Crippen molar-refractivity contribution < 1.29 is 25.6 Å². The number of benzene rings is 2. The molecule has 13 unspecified atom stereocenters. The molecule has 0 heterocycles. The second-order valence-corrected chi connectivity index (χ2v) is 21.9. The molecule has 0 spiro atoms. The third-order valence-corrected chi connectivity index (χ3v) is 13.8. The number of fused-ring (bicyclic) bond motifs is 2. The van der Waals surface area contributed by atoms with Crippen molar-refractivity contribution in [1.82, 2.24) is 0 Å². The maximum absolute atomic E-state index is 6.56. The van der Waals surface area contributed by atoms with E-state index in [2.05, 4.69) is 106 Å². The standard InChI is InChI=1S/C43H64O.2CH3.2ClH.Zr/c1-24-12-25(2)15-31(14-24)35-18-28(5)19-36-33(29(6)20-37(35)36)22-34-30(7)21-39-38(34)23-40(43(8,9)10)42(44-11)41(39)32-16-26(3)13-27(4)17-32;;;;;/h12-17,28-30,33-42H,18-23H2,1-11H3;2*1H3;2*1H;/q;2*-1;;;+4/p-2. The molecule has 6 rings (SSSR count). The van der Waals surface area contributed by atoms with E-state index in [1.807, 2.05) is 7.11 Å². The van der Waals surface area contributed by atoms with Crippen LogP contribution in [0.2, 0.25) is 0 Å². The number of aryl methyl sites for hydroxylation is 4. The van der Waals surface area contributed by atoms with E-state index < -0.39 is 20.8 Å². The van der Waals surface area contributed by atoms with Gasteiger partial charge in [0.15, 0.2) is 0 Å². The first-order valence-corrected chi connectivity index (χ1v) is 25.1.